The molecule has 0 aromatic carbocycles. The van der Waals surface area contributed by atoms with E-state index in [2.05, 4.69) is 4.98 Å². The lowest BCUT2D eigenvalue weighted by Gasteiger charge is -2.25. The molecule has 0 radical (unpaired) electrons. The van der Waals surface area contributed by atoms with Crippen molar-refractivity contribution in [2.24, 2.45) is 5.41 Å². The standard InChI is InChI=1S/C14H19NO4/c1-4-14(12(16)17,13(18)19-5-2)7-11-6-10(3)8-15-9-11/h6,8-9H,4-5,7H2,1-3H3,(H,16,17). The molecule has 0 spiro atoms. The molecule has 1 aromatic heterocycles. The zero-order chi connectivity index (χ0) is 14.5. The Kier molecular flexibility index (Phi) is 5.03. The molecule has 0 saturated carbocycles. The number of carboxylic acid groups (broad SMARTS) is 1. The molecule has 0 aliphatic carbocycles. The third-order valence-electron chi connectivity index (χ3n) is 3.12. The topological polar surface area (TPSA) is 76.5 Å². The van der Waals surface area contributed by atoms with Gasteiger partial charge >= 0.3 is 11.9 Å². The van der Waals surface area contributed by atoms with Crippen LogP contribution in [-0.4, -0.2) is 28.6 Å². The van der Waals surface area contributed by atoms with Crippen LogP contribution in [0.4, 0.5) is 0 Å². The highest BCUT2D eigenvalue weighted by Crippen LogP contribution is 2.29. The molecule has 1 N–H and O–H groups in total. The minimum absolute atomic E-state index is 0.0896. The van der Waals surface area contributed by atoms with Crippen molar-refractivity contribution in [1.82, 2.24) is 4.98 Å². The van der Waals surface area contributed by atoms with Crippen molar-refractivity contribution in [1.29, 1.82) is 0 Å². The first-order valence-electron chi connectivity index (χ1n) is 6.27. The highest BCUT2D eigenvalue weighted by molar-refractivity contribution is 5.99. The van der Waals surface area contributed by atoms with E-state index in [4.69, 9.17) is 4.74 Å². The lowest BCUT2D eigenvalue weighted by molar-refractivity contribution is -0.168. The van der Waals surface area contributed by atoms with E-state index in [9.17, 15) is 14.7 Å². The maximum atomic E-state index is 12.0. The molecule has 19 heavy (non-hydrogen) atoms. The number of hydrogen-bond donors (Lipinski definition) is 1. The minimum Gasteiger partial charge on any atom is -0.480 e. The van der Waals surface area contributed by atoms with Gasteiger partial charge in [0.1, 0.15) is 0 Å². The minimum atomic E-state index is -1.54. The summed E-state index contributed by atoms with van der Waals surface area (Å²) >= 11 is 0. The molecule has 0 aliphatic rings. The lowest BCUT2D eigenvalue weighted by Crippen LogP contribution is -2.42. The fourth-order valence-corrected chi connectivity index (χ4v) is 1.99. The predicted molar refractivity (Wildman–Crippen MR) is 69.7 cm³/mol. The van der Waals surface area contributed by atoms with Crippen molar-refractivity contribution >= 4 is 11.9 Å². The second-order valence-electron chi connectivity index (χ2n) is 4.51. The Bertz CT molecular complexity index is 472. The van der Waals surface area contributed by atoms with Crippen LogP contribution in [0.3, 0.4) is 0 Å². The number of carbonyl (C=O) groups is 2. The monoisotopic (exact) mass is 265 g/mol. The number of carbonyl (C=O) groups excluding carboxylic acids is 1. The second-order valence-corrected chi connectivity index (χ2v) is 4.51. The number of esters is 1. The first-order valence-corrected chi connectivity index (χ1v) is 6.27. The molecule has 1 heterocycles. The van der Waals surface area contributed by atoms with Gasteiger partial charge in [0.2, 0.25) is 0 Å². The van der Waals surface area contributed by atoms with E-state index in [1.165, 1.54) is 0 Å². The summed E-state index contributed by atoms with van der Waals surface area (Å²) in [5.74, 6) is -1.85. The average molecular weight is 265 g/mol. The summed E-state index contributed by atoms with van der Waals surface area (Å²) in [7, 11) is 0. The van der Waals surface area contributed by atoms with Gasteiger partial charge in [0.15, 0.2) is 5.41 Å². The molecule has 1 unspecified atom stereocenters. The van der Waals surface area contributed by atoms with Gasteiger partial charge in [0.25, 0.3) is 0 Å². The third-order valence-corrected chi connectivity index (χ3v) is 3.12. The van der Waals surface area contributed by atoms with Crippen molar-refractivity contribution in [3.8, 4) is 0 Å². The number of hydrogen-bond acceptors (Lipinski definition) is 4. The largest absolute Gasteiger partial charge is 0.480 e. The maximum Gasteiger partial charge on any atom is 0.323 e. The van der Waals surface area contributed by atoms with Gasteiger partial charge in [-0.3, -0.25) is 14.6 Å². The summed E-state index contributed by atoms with van der Waals surface area (Å²) in [5, 5.41) is 9.43. The van der Waals surface area contributed by atoms with Gasteiger partial charge in [-0.05, 0) is 31.4 Å². The van der Waals surface area contributed by atoms with Gasteiger partial charge in [0, 0.05) is 18.8 Å². The Hall–Kier alpha value is -1.91. The molecule has 5 nitrogen and oxygen atoms in total. The number of pyridine rings is 1. The molecule has 0 amide bonds. The van der Waals surface area contributed by atoms with E-state index in [1.54, 1.807) is 26.2 Å². The molecule has 0 bridgehead atoms. The van der Waals surface area contributed by atoms with E-state index in [-0.39, 0.29) is 19.4 Å². The molecule has 1 aromatic rings. The normalized spacial score (nSPS) is 13.6. The SMILES string of the molecule is CCOC(=O)C(CC)(Cc1cncc(C)c1)C(=O)O. The molecular formula is C14H19NO4. The molecule has 1 rings (SSSR count). The lowest BCUT2D eigenvalue weighted by atomic mass is 9.79. The number of aryl methyl sites for hydroxylation is 1. The van der Waals surface area contributed by atoms with Crippen molar-refractivity contribution in [3.63, 3.8) is 0 Å². The van der Waals surface area contributed by atoms with Crippen molar-refractivity contribution in [2.45, 2.75) is 33.6 Å². The summed E-state index contributed by atoms with van der Waals surface area (Å²) in [6.45, 7) is 5.37. The van der Waals surface area contributed by atoms with Gasteiger partial charge in [-0.15, -0.1) is 0 Å². The summed E-state index contributed by atoms with van der Waals surface area (Å²) in [4.78, 5) is 27.6. The fraction of sp³-hybridized carbons (Fsp3) is 0.500. The number of ether oxygens (including phenoxy) is 1. The Labute approximate surface area is 112 Å². The van der Waals surface area contributed by atoms with Crippen LogP contribution >= 0.6 is 0 Å². The molecule has 104 valence electrons. The molecule has 5 heteroatoms. The van der Waals surface area contributed by atoms with Crippen LogP contribution in [0.1, 0.15) is 31.4 Å². The number of nitrogens with zero attached hydrogens (tertiary/aromatic N) is 1. The van der Waals surface area contributed by atoms with E-state index < -0.39 is 17.4 Å². The van der Waals surface area contributed by atoms with Crippen molar-refractivity contribution in [3.05, 3.63) is 29.6 Å². The van der Waals surface area contributed by atoms with Crippen LogP contribution in [0.5, 0.6) is 0 Å². The van der Waals surface area contributed by atoms with Crippen LogP contribution < -0.4 is 0 Å². The van der Waals surface area contributed by atoms with Crippen LogP contribution in [0.2, 0.25) is 0 Å². The predicted octanol–water partition coefficient (Wildman–Crippen LogP) is 1.98. The molecule has 0 fully saturated rings. The van der Waals surface area contributed by atoms with Gasteiger partial charge in [-0.2, -0.15) is 0 Å². The van der Waals surface area contributed by atoms with Crippen LogP contribution in [-0.2, 0) is 20.7 Å². The quantitative estimate of drug-likeness (QED) is 0.628. The summed E-state index contributed by atoms with van der Waals surface area (Å²) in [6, 6.07) is 1.83. The maximum absolute atomic E-state index is 12.0. The number of carboxylic acids is 1. The second kappa shape index (κ2) is 6.31. The zero-order valence-electron chi connectivity index (χ0n) is 11.5. The fourth-order valence-electron chi connectivity index (χ4n) is 1.99. The molecular weight excluding hydrogens is 246 g/mol. The summed E-state index contributed by atoms with van der Waals surface area (Å²) < 4.78 is 4.92. The molecule has 1 atom stereocenters. The van der Waals surface area contributed by atoms with Gasteiger partial charge < -0.3 is 9.84 Å². The Balaban J connectivity index is 3.10. The smallest absolute Gasteiger partial charge is 0.323 e. The Morgan fingerprint density at radius 1 is 1.37 bits per heavy atom. The third kappa shape index (κ3) is 3.30. The van der Waals surface area contributed by atoms with Crippen molar-refractivity contribution in [2.75, 3.05) is 6.61 Å². The number of rotatable bonds is 6. The first kappa shape index (κ1) is 15.1. The summed E-state index contributed by atoms with van der Waals surface area (Å²) in [5.41, 5.74) is 0.111. The zero-order valence-corrected chi connectivity index (χ0v) is 11.5. The number of aliphatic carboxylic acids is 1. The highest BCUT2D eigenvalue weighted by atomic mass is 16.5. The van der Waals surface area contributed by atoms with E-state index in [0.717, 1.165) is 11.1 Å². The molecule has 0 aliphatic heterocycles. The first-order chi connectivity index (χ1) is 8.96. The van der Waals surface area contributed by atoms with Crippen LogP contribution in [0, 0.1) is 12.3 Å². The van der Waals surface area contributed by atoms with E-state index >= 15 is 0 Å². The van der Waals surface area contributed by atoms with Gasteiger partial charge in [-0.1, -0.05) is 13.0 Å². The Morgan fingerprint density at radius 3 is 2.53 bits per heavy atom. The number of aromatic nitrogens is 1. The van der Waals surface area contributed by atoms with Gasteiger partial charge in [0.05, 0.1) is 6.61 Å². The van der Waals surface area contributed by atoms with E-state index in [1.807, 2.05) is 13.0 Å². The molecule has 0 saturated heterocycles. The highest BCUT2D eigenvalue weighted by Gasteiger charge is 2.46. The average Bonchev–Trinajstić information content (AvgIpc) is 2.36. The van der Waals surface area contributed by atoms with Crippen LogP contribution in [0.25, 0.3) is 0 Å². The van der Waals surface area contributed by atoms with E-state index in [0.29, 0.717) is 0 Å². The summed E-state index contributed by atoms with van der Waals surface area (Å²) in [6.07, 6.45) is 3.53. The van der Waals surface area contributed by atoms with Crippen molar-refractivity contribution < 1.29 is 19.4 Å². The Morgan fingerprint density at radius 2 is 2.05 bits per heavy atom. The van der Waals surface area contributed by atoms with Crippen LogP contribution in [0.15, 0.2) is 18.5 Å². The van der Waals surface area contributed by atoms with Gasteiger partial charge in [-0.25, -0.2) is 0 Å².